The molecule has 2 fully saturated rings. The number of thioether (sulfide) groups is 1. The van der Waals surface area contributed by atoms with Crippen molar-refractivity contribution in [1.82, 2.24) is 4.90 Å². The maximum Gasteiger partial charge on any atom is 0.271 e. The quantitative estimate of drug-likeness (QED) is 0.534. The Bertz CT molecular complexity index is 1100. The summed E-state index contributed by atoms with van der Waals surface area (Å²) in [6.07, 6.45) is 1.84. The number of nitrogens with zero attached hydrogens (tertiary/aromatic N) is 3. The van der Waals surface area contributed by atoms with E-state index in [-0.39, 0.29) is 30.0 Å². The first-order valence-corrected chi connectivity index (χ1v) is 10.9. The molecule has 4 rings (SSSR count). The van der Waals surface area contributed by atoms with Gasteiger partial charge in [-0.3, -0.25) is 24.6 Å². The molecular weight excluding hydrogens is 416 g/mol. The highest BCUT2D eigenvalue weighted by molar-refractivity contribution is 8.15. The number of non-ortho nitro benzene ring substituents is 1. The summed E-state index contributed by atoms with van der Waals surface area (Å²) in [5, 5.41) is 13.6. The zero-order valence-corrected chi connectivity index (χ0v) is 18.0. The van der Waals surface area contributed by atoms with E-state index in [0.717, 1.165) is 29.7 Å². The van der Waals surface area contributed by atoms with Gasteiger partial charge in [0.1, 0.15) is 5.25 Å². The lowest BCUT2D eigenvalue weighted by Crippen LogP contribution is -2.35. The van der Waals surface area contributed by atoms with E-state index in [1.54, 1.807) is 11.0 Å². The van der Waals surface area contributed by atoms with Gasteiger partial charge in [0, 0.05) is 30.3 Å². The van der Waals surface area contributed by atoms with Gasteiger partial charge >= 0.3 is 0 Å². The molecule has 31 heavy (non-hydrogen) atoms. The minimum absolute atomic E-state index is 0.0266. The Labute approximate surface area is 183 Å². The molecule has 8 nitrogen and oxygen atoms in total. The Kier molecular flexibility index (Phi) is 5.77. The topological polar surface area (TPSA) is 105 Å². The number of carbonyl (C=O) groups excluding carboxylic acids is 2. The van der Waals surface area contributed by atoms with Crippen molar-refractivity contribution in [3.63, 3.8) is 0 Å². The van der Waals surface area contributed by atoms with Crippen molar-refractivity contribution in [2.24, 2.45) is 4.99 Å². The largest absolute Gasteiger partial charge is 0.326 e. The van der Waals surface area contributed by atoms with Gasteiger partial charge in [0.2, 0.25) is 11.8 Å². The third kappa shape index (κ3) is 4.61. The van der Waals surface area contributed by atoms with Crippen molar-refractivity contribution in [3.8, 4) is 0 Å². The molecule has 1 aliphatic heterocycles. The van der Waals surface area contributed by atoms with Gasteiger partial charge in [0.15, 0.2) is 5.17 Å². The summed E-state index contributed by atoms with van der Waals surface area (Å²) >= 11 is 1.31. The van der Waals surface area contributed by atoms with Crippen LogP contribution < -0.4 is 5.32 Å². The molecule has 2 aromatic rings. The zero-order chi connectivity index (χ0) is 22.1. The number of anilines is 1. The number of carbonyl (C=O) groups is 2. The summed E-state index contributed by atoms with van der Waals surface area (Å²) in [6.45, 7) is 4.02. The normalized spacial score (nSPS) is 19.7. The number of nitro benzene ring substituents is 1. The Balaban J connectivity index is 1.50. The van der Waals surface area contributed by atoms with Gasteiger partial charge in [0.25, 0.3) is 5.69 Å². The lowest BCUT2D eigenvalue weighted by Gasteiger charge is -2.15. The smallest absolute Gasteiger partial charge is 0.271 e. The number of hydrogen-bond donors (Lipinski definition) is 1. The van der Waals surface area contributed by atoms with Crippen LogP contribution in [0.15, 0.2) is 47.5 Å². The van der Waals surface area contributed by atoms with Crippen LogP contribution in [0.2, 0.25) is 0 Å². The summed E-state index contributed by atoms with van der Waals surface area (Å²) in [6, 6.07) is 11.8. The van der Waals surface area contributed by atoms with Crippen molar-refractivity contribution < 1.29 is 14.5 Å². The number of benzene rings is 2. The fourth-order valence-electron chi connectivity index (χ4n) is 3.40. The van der Waals surface area contributed by atoms with Crippen molar-refractivity contribution >= 4 is 45.8 Å². The van der Waals surface area contributed by atoms with E-state index in [0.29, 0.717) is 10.9 Å². The highest BCUT2D eigenvalue weighted by atomic mass is 32.2. The molecule has 1 unspecified atom stereocenters. The fraction of sp³-hybridized carbons (Fsp3) is 0.318. The molecule has 1 aliphatic carbocycles. The van der Waals surface area contributed by atoms with E-state index in [4.69, 9.17) is 4.99 Å². The van der Waals surface area contributed by atoms with Gasteiger partial charge in [-0.15, -0.1) is 0 Å². The van der Waals surface area contributed by atoms with E-state index in [9.17, 15) is 19.7 Å². The number of aryl methyl sites for hydroxylation is 1. The molecule has 0 bridgehead atoms. The second-order valence-corrected chi connectivity index (χ2v) is 8.89. The standard InChI is InChI=1S/C22H22N4O4S/c1-13-5-3-8-18(14(13)2)24-22-25(16-9-10-16)21(28)19(31-22)12-20(27)23-15-6-4-7-17(11-15)26(29)30/h3-8,11,16,19H,9-10,12H2,1-2H3,(H,23,27). The van der Waals surface area contributed by atoms with Gasteiger partial charge in [-0.05, 0) is 49.9 Å². The van der Waals surface area contributed by atoms with E-state index < -0.39 is 10.2 Å². The van der Waals surface area contributed by atoms with Crippen LogP contribution in [0.1, 0.15) is 30.4 Å². The third-order valence-corrected chi connectivity index (χ3v) is 6.53. The number of nitro groups is 1. The first-order valence-electron chi connectivity index (χ1n) is 10.0. The molecule has 1 atom stereocenters. The predicted octanol–water partition coefficient (Wildman–Crippen LogP) is 4.33. The molecule has 0 radical (unpaired) electrons. The van der Waals surface area contributed by atoms with Crippen LogP contribution in [-0.2, 0) is 9.59 Å². The minimum Gasteiger partial charge on any atom is -0.326 e. The summed E-state index contributed by atoms with van der Waals surface area (Å²) in [5.74, 6) is -0.471. The number of rotatable bonds is 6. The number of hydrogen-bond acceptors (Lipinski definition) is 6. The molecule has 2 aliphatic rings. The number of amides is 2. The highest BCUT2D eigenvalue weighted by Crippen LogP contribution is 2.40. The van der Waals surface area contributed by atoms with E-state index in [1.807, 2.05) is 32.0 Å². The summed E-state index contributed by atoms with van der Waals surface area (Å²) in [7, 11) is 0. The average molecular weight is 439 g/mol. The second-order valence-electron chi connectivity index (χ2n) is 7.72. The lowest BCUT2D eigenvalue weighted by atomic mass is 10.1. The van der Waals surface area contributed by atoms with Gasteiger partial charge in [0.05, 0.1) is 10.6 Å². The Morgan fingerprint density at radius 1 is 1.26 bits per heavy atom. The Hall–Kier alpha value is -3.20. The van der Waals surface area contributed by atoms with Gasteiger partial charge in [-0.1, -0.05) is 30.0 Å². The van der Waals surface area contributed by atoms with Crippen molar-refractivity contribution in [3.05, 3.63) is 63.7 Å². The first-order chi connectivity index (χ1) is 14.8. The molecule has 2 amide bonds. The molecule has 0 aromatic heterocycles. The molecule has 2 aromatic carbocycles. The Morgan fingerprint density at radius 2 is 2.00 bits per heavy atom. The third-order valence-electron chi connectivity index (χ3n) is 5.38. The number of nitrogens with one attached hydrogen (secondary N) is 1. The fourth-order valence-corrected chi connectivity index (χ4v) is 4.61. The summed E-state index contributed by atoms with van der Waals surface area (Å²) < 4.78 is 0. The lowest BCUT2D eigenvalue weighted by molar-refractivity contribution is -0.384. The molecule has 1 N–H and O–H groups in total. The number of aliphatic imine (C=N–C) groups is 1. The molecule has 1 saturated heterocycles. The first kappa shape index (κ1) is 21.0. The van der Waals surface area contributed by atoms with Gasteiger partial charge < -0.3 is 5.32 Å². The summed E-state index contributed by atoms with van der Waals surface area (Å²) in [4.78, 5) is 42.5. The maximum absolute atomic E-state index is 13.0. The van der Waals surface area contributed by atoms with Crippen LogP contribution in [0.5, 0.6) is 0 Å². The van der Waals surface area contributed by atoms with Gasteiger partial charge in [-0.2, -0.15) is 0 Å². The van der Waals surface area contributed by atoms with Crippen LogP contribution >= 0.6 is 11.8 Å². The van der Waals surface area contributed by atoms with Crippen molar-refractivity contribution in [2.45, 2.75) is 44.4 Å². The molecule has 160 valence electrons. The Morgan fingerprint density at radius 3 is 2.71 bits per heavy atom. The van der Waals surface area contributed by atoms with Crippen LogP contribution in [0.4, 0.5) is 17.1 Å². The van der Waals surface area contributed by atoms with Crippen LogP contribution in [0, 0.1) is 24.0 Å². The summed E-state index contributed by atoms with van der Waals surface area (Å²) in [5.41, 5.74) is 3.24. The van der Waals surface area contributed by atoms with E-state index >= 15 is 0 Å². The monoisotopic (exact) mass is 438 g/mol. The molecule has 1 heterocycles. The average Bonchev–Trinajstić information content (AvgIpc) is 3.51. The zero-order valence-electron chi connectivity index (χ0n) is 17.2. The van der Waals surface area contributed by atoms with Crippen molar-refractivity contribution in [1.29, 1.82) is 0 Å². The molecular formula is C22H22N4O4S. The van der Waals surface area contributed by atoms with E-state index in [2.05, 4.69) is 5.32 Å². The molecule has 0 spiro atoms. The van der Waals surface area contributed by atoms with E-state index in [1.165, 1.54) is 30.0 Å². The second kappa shape index (κ2) is 8.50. The number of amidine groups is 1. The van der Waals surface area contributed by atoms with Crippen LogP contribution in [-0.4, -0.2) is 38.1 Å². The predicted molar refractivity (Wildman–Crippen MR) is 121 cm³/mol. The minimum atomic E-state index is -0.567. The maximum atomic E-state index is 13.0. The van der Waals surface area contributed by atoms with Crippen LogP contribution in [0.25, 0.3) is 0 Å². The van der Waals surface area contributed by atoms with Crippen LogP contribution in [0.3, 0.4) is 0 Å². The molecule has 9 heteroatoms. The van der Waals surface area contributed by atoms with Gasteiger partial charge in [-0.25, -0.2) is 4.99 Å². The highest BCUT2D eigenvalue weighted by Gasteiger charge is 2.46. The SMILES string of the molecule is Cc1cccc(N=C2SC(CC(=O)Nc3cccc([N+](=O)[O-])c3)C(=O)N2C2CC2)c1C. The van der Waals surface area contributed by atoms with Crippen molar-refractivity contribution in [2.75, 3.05) is 5.32 Å². The molecule has 1 saturated carbocycles.